The predicted molar refractivity (Wildman–Crippen MR) is 75.6 cm³/mol. The Morgan fingerprint density at radius 2 is 2.18 bits per heavy atom. The summed E-state index contributed by atoms with van der Waals surface area (Å²) in [6.07, 6.45) is 2.41. The number of hydrogen-bond acceptors (Lipinski definition) is 2. The van der Waals surface area contributed by atoms with E-state index < -0.39 is 0 Å². The molecule has 1 saturated heterocycles. The topological polar surface area (TPSA) is 29.3 Å². The molecule has 1 heterocycles. The van der Waals surface area contributed by atoms with Crippen LogP contribution in [-0.4, -0.2) is 24.0 Å². The van der Waals surface area contributed by atoms with E-state index in [9.17, 15) is 0 Å². The molecule has 0 spiro atoms. The highest BCUT2D eigenvalue weighted by Gasteiger charge is 2.21. The third kappa shape index (κ3) is 3.70. The van der Waals surface area contributed by atoms with Crippen molar-refractivity contribution in [2.75, 3.05) is 13.1 Å². The van der Waals surface area contributed by atoms with Crippen LogP contribution in [0.5, 0.6) is 0 Å². The van der Waals surface area contributed by atoms with Crippen LogP contribution in [0.3, 0.4) is 0 Å². The second-order valence-corrected chi connectivity index (χ2v) is 4.99. The molecule has 2 N–H and O–H groups in total. The van der Waals surface area contributed by atoms with E-state index in [2.05, 4.69) is 43.0 Å². The van der Waals surface area contributed by atoms with Crippen molar-refractivity contribution in [3.63, 3.8) is 0 Å². The van der Waals surface area contributed by atoms with Crippen LogP contribution in [0.2, 0.25) is 0 Å². The van der Waals surface area contributed by atoms with Gasteiger partial charge in [-0.25, -0.2) is 0 Å². The second kappa shape index (κ2) is 6.39. The summed E-state index contributed by atoms with van der Waals surface area (Å²) in [4.78, 5) is 2.50. The number of benzene rings is 1. The van der Waals surface area contributed by atoms with Crippen molar-refractivity contribution >= 4 is 12.4 Å². The van der Waals surface area contributed by atoms with Gasteiger partial charge in [-0.15, -0.1) is 12.4 Å². The zero-order chi connectivity index (χ0) is 11.5. The molecule has 0 saturated carbocycles. The van der Waals surface area contributed by atoms with Crippen molar-refractivity contribution < 1.29 is 0 Å². The van der Waals surface area contributed by atoms with Gasteiger partial charge in [-0.05, 0) is 38.8 Å². The number of hydrogen-bond donors (Lipinski definition) is 1. The van der Waals surface area contributed by atoms with E-state index in [1.54, 1.807) is 0 Å². The van der Waals surface area contributed by atoms with Gasteiger partial charge in [-0.1, -0.05) is 29.8 Å². The van der Waals surface area contributed by atoms with Crippen molar-refractivity contribution in [3.8, 4) is 0 Å². The van der Waals surface area contributed by atoms with Crippen LogP contribution in [0.4, 0.5) is 0 Å². The molecule has 2 rings (SSSR count). The Hall–Kier alpha value is -0.570. The molecule has 0 aromatic heterocycles. The van der Waals surface area contributed by atoms with E-state index >= 15 is 0 Å². The van der Waals surface area contributed by atoms with Gasteiger partial charge in [0.15, 0.2) is 0 Å². The molecule has 2 unspecified atom stereocenters. The molecule has 1 aliphatic rings. The summed E-state index contributed by atoms with van der Waals surface area (Å²) < 4.78 is 0. The molecule has 0 radical (unpaired) electrons. The van der Waals surface area contributed by atoms with E-state index in [0.717, 1.165) is 6.54 Å². The Morgan fingerprint density at radius 3 is 2.82 bits per heavy atom. The fourth-order valence-corrected chi connectivity index (χ4v) is 2.53. The molecule has 2 atom stereocenters. The quantitative estimate of drug-likeness (QED) is 0.880. The minimum atomic E-state index is 0. The summed E-state index contributed by atoms with van der Waals surface area (Å²) in [5.41, 5.74) is 8.78. The van der Waals surface area contributed by atoms with E-state index in [-0.39, 0.29) is 12.4 Å². The van der Waals surface area contributed by atoms with Crippen molar-refractivity contribution in [2.45, 2.75) is 38.8 Å². The van der Waals surface area contributed by atoms with Gasteiger partial charge in [0.1, 0.15) is 0 Å². The van der Waals surface area contributed by atoms with E-state index in [1.807, 2.05) is 0 Å². The maximum atomic E-state index is 6.03. The molecule has 3 heteroatoms. The third-order valence-electron chi connectivity index (χ3n) is 3.56. The molecule has 0 bridgehead atoms. The van der Waals surface area contributed by atoms with Crippen molar-refractivity contribution in [3.05, 3.63) is 35.4 Å². The number of nitrogens with two attached hydrogens (primary N) is 1. The number of nitrogens with zero attached hydrogens (tertiary/aromatic N) is 1. The largest absolute Gasteiger partial charge is 0.327 e. The Bertz CT molecular complexity index is 354. The molecule has 1 aliphatic heterocycles. The lowest BCUT2D eigenvalue weighted by molar-refractivity contribution is 0.159. The summed E-state index contributed by atoms with van der Waals surface area (Å²) in [6.45, 7) is 6.66. The highest BCUT2D eigenvalue weighted by molar-refractivity contribution is 5.85. The van der Waals surface area contributed by atoms with Crippen molar-refractivity contribution in [2.24, 2.45) is 5.73 Å². The fourth-order valence-electron chi connectivity index (χ4n) is 2.53. The number of piperidine rings is 1. The number of aryl methyl sites for hydroxylation is 1. The Morgan fingerprint density at radius 1 is 1.41 bits per heavy atom. The van der Waals surface area contributed by atoms with Crippen LogP contribution in [0.1, 0.15) is 36.9 Å². The first kappa shape index (κ1) is 14.5. The van der Waals surface area contributed by atoms with Gasteiger partial charge in [-0.2, -0.15) is 0 Å². The van der Waals surface area contributed by atoms with Gasteiger partial charge in [-0.3, -0.25) is 4.90 Å². The maximum Gasteiger partial charge on any atom is 0.0320 e. The van der Waals surface area contributed by atoms with E-state index in [0.29, 0.717) is 12.1 Å². The van der Waals surface area contributed by atoms with Crippen molar-refractivity contribution in [1.82, 2.24) is 4.90 Å². The second-order valence-electron chi connectivity index (χ2n) is 4.99. The SMILES string of the molecule is Cc1cccc(C(C)N2CCCC(N)C2)c1.Cl. The molecule has 1 aromatic carbocycles. The average molecular weight is 255 g/mol. The van der Waals surface area contributed by atoms with Crippen LogP contribution in [-0.2, 0) is 0 Å². The lowest BCUT2D eigenvalue weighted by Crippen LogP contribution is -2.43. The van der Waals surface area contributed by atoms with Crippen LogP contribution >= 0.6 is 12.4 Å². The number of likely N-dealkylation sites (tertiary alicyclic amines) is 1. The van der Waals surface area contributed by atoms with Gasteiger partial charge in [0.2, 0.25) is 0 Å². The van der Waals surface area contributed by atoms with E-state index in [1.165, 1.54) is 30.5 Å². The highest BCUT2D eigenvalue weighted by Crippen LogP contribution is 2.24. The first-order chi connectivity index (χ1) is 7.66. The van der Waals surface area contributed by atoms with Gasteiger partial charge in [0, 0.05) is 18.6 Å². The van der Waals surface area contributed by atoms with Gasteiger partial charge < -0.3 is 5.73 Å². The minimum Gasteiger partial charge on any atom is -0.327 e. The monoisotopic (exact) mass is 254 g/mol. The lowest BCUT2D eigenvalue weighted by Gasteiger charge is -2.35. The van der Waals surface area contributed by atoms with Crippen LogP contribution in [0.15, 0.2) is 24.3 Å². The summed E-state index contributed by atoms with van der Waals surface area (Å²) in [5.74, 6) is 0. The zero-order valence-electron chi connectivity index (χ0n) is 10.7. The molecule has 0 amide bonds. The Balaban J connectivity index is 0.00000144. The van der Waals surface area contributed by atoms with Gasteiger partial charge >= 0.3 is 0 Å². The fraction of sp³-hybridized carbons (Fsp3) is 0.571. The summed E-state index contributed by atoms with van der Waals surface area (Å²) in [6, 6.07) is 9.65. The molecular weight excluding hydrogens is 232 g/mol. The zero-order valence-corrected chi connectivity index (χ0v) is 11.5. The van der Waals surface area contributed by atoms with E-state index in [4.69, 9.17) is 5.73 Å². The predicted octanol–water partition coefficient (Wildman–Crippen LogP) is 2.90. The maximum absolute atomic E-state index is 6.03. The normalized spacial score (nSPS) is 22.9. The molecule has 1 fully saturated rings. The first-order valence-corrected chi connectivity index (χ1v) is 6.23. The summed E-state index contributed by atoms with van der Waals surface area (Å²) in [5, 5.41) is 0. The molecule has 2 nitrogen and oxygen atoms in total. The molecule has 96 valence electrons. The highest BCUT2D eigenvalue weighted by atomic mass is 35.5. The van der Waals surface area contributed by atoms with Crippen LogP contribution in [0, 0.1) is 6.92 Å². The van der Waals surface area contributed by atoms with Gasteiger partial charge in [0.25, 0.3) is 0 Å². The summed E-state index contributed by atoms with van der Waals surface area (Å²) >= 11 is 0. The standard InChI is InChI=1S/C14H22N2.ClH/c1-11-5-3-6-13(9-11)12(2)16-8-4-7-14(15)10-16;/h3,5-6,9,12,14H,4,7-8,10,15H2,1-2H3;1H. The first-order valence-electron chi connectivity index (χ1n) is 6.23. The Kier molecular flexibility index (Phi) is 5.44. The smallest absolute Gasteiger partial charge is 0.0320 e. The third-order valence-corrected chi connectivity index (χ3v) is 3.56. The minimum absolute atomic E-state index is 0. The van der Waals surface area contributed by atoms with Gasteiger partial charge in [0.05, 0.1) is 0 Å². The number of halogens is 1. The molecular formula is C14H23ClN2. The van der Waals surface area contributed by atoms with Crippen LogP contribution in [0.25, 0.3) is 0 Å². The lowest BCUT2D eigenvalue weighted by atomic mass is 10.00. The molecule has 1 aromatic rings. The average Bonchev–Trinajstić information content (AvgIpc) is 2.28. The molecule has 0 aliphatic carbocycles. The van der Waals surface area contributed by atoms with Crippen molar-refractivity contribution in [1.29, 1.82) is 0 Å². The Labute approximate surface area is 111 Å². The number of rotatable bonds is 2. The van der Waals surface area contributed by atoms with Crippen LogP contribution < -0.4 is 5.73 Å². The molecule has 17 heavy (non-hydrogen) atoms. The summed E-state index contributed by atoms with van der Waals surface area (Å²) in [7, 11) is 0.